The zero-order chi connectivity index (χ0) is 11.1. The lowest BCUT2D eigenvalue weighted by Gasteiger charge is -2.40. The molecule has 0 spiro atoms. The highest BCUT2D eigenvalue weighted by Crippen LogP contribution is 2.15. The zero-order valence-electron chi connectivity index (χ0n) is 10.5. The quantitative estimate of drug-likeness (QED) is 0.725. The second-order valence-electron chi connectivity index (χ2n) is 4.24. The van der Waals surface area contributed by atoms with Gasteiger partial charge in [0.1, 0.15) is 0 Å². The molecule has 0 bridgehead atoms. The fourth-order valence-corrected chi connectivity index (χ4v) is 2.31. The van der Waals surface area contributed by atoms with Crippen LogP contribution in [-0.2, 0) is 4.74 Å². The zero-order valence-corrected chi connectivity index (χ0v) is 10.5. The lowest BCUT2D eigenvalue weighted by atomic mass is 10.1. The van der Waals surface area contributed by atoms with Crippen LogP contribution in [0.5, 0.6) is 0 Å². The summed E-state index contributed by atoms with van der Waals surface area (Å²) in [6.07, 6.45) is 2.42. The number of likely N-dealkylation sites (N-methyl/N-ethyl adjacent to an activating group) is 1. The first-order valence-electron chi connectivity index (χ1n) is 6.37. The molecule has 1 aliphatic heterocycles. The Hall–Kier alpha value is -0.120. The molecule has 0 saturated carbocycles. The van der Waals surface area contributed by atoms with E-state index in [4.69, 9.17) is 4.74 Å². The Kier molecular flexibility index (Phi) is 6.22. The van der Waals surface area contributed by atoms with Crippen molar-refractivity contribution in [1.82, 2.24) is 10.2 Å². The van der Waals surface area contributed by atoms with Crippen molar-refractivity contribution < 1.29 is 4.74 Å². The molecule has 3 heteroatoms. The van der Waals surface area contributed by atoms with Crippen LogP contribution in [0.2, 0.25) is 0 Å². The number of nitrogens with zero attached hydrogens (tertiary/aromatic N) is 1. The normalized spacial score (nSPS) is 25.4. The molecule has 0 aromatic carbocycles. The van der Waals surface area contributed by atoms with E-state index in [9.17, 15) is 0 Å². The summed E-state index contributed by atoms with van der Waals surface area (Å²) >= 11 is 0. The monoisotopic (exact) mass is 214 g/mol. The molecule has 1 fully saturated rings. The Morgan fingerprint density at radius 3 is 2.80 bits per heavy atom. The Labute approximate surface area is 94.2 Å². The molecule has 2 unspecified atom stereocenters. The number of hydrogen-bond donors (Lipinski definition) is 1. The van der Waals surface area contributed by atoms with Gasteiger partial charge in [-0.05, 0) is 19.4 Å². The smallest absolute Gasteiger partial charge is 0.0622 e. The maximum Gasteiger partial charge on any atom is 0.0622 e. The Morgan fingerprint density at radius 2 is 2.20 bits per heavy atom. The highest BCUT2D eigenvalue weighted by atomic mass is 16.5. The van der Waals surface area contributed by atoms with E-state index in [1.807, 2.05) is 0 Å². The second kappa shape index (κ2) is 7.20. The molecule has 2 atom stereocenters. The van der Waals surface area contributed by atoms with Crippen molar-refractivity contribution in [2.45, 2.75) is 45.7 Å². The number of hydrogen-bond acceptors (Lipinski definition) is 3. The van der Waals surface area contributed by atoms with Crippen LogP contribution in [0.1, 0.15) is 33.6 Å². The average Bonchev–Trinajstić information content (AvgIpc) is 2.30. The van der Waals surface area contributed by atoms with Crippen molar-refractivity contribution in [3.63, 3.8) is 0 Å². The van der Waals surface area contributed by atoms with Crippen LogP contribution >= 0.6 is 0 Å². The first-order chi connectivity index (χ1) is 7.33. The fraction of sp³-hybridized carbons (Fsp3) is 1.00. The van der Waals surface area contributed by atoms with Crippen LogP contribution in [-0.4, -0.2) is 49.8 Å². The van der Waals surface area contributed by atoms with Gasteiger partial charge in [-0.1, -0.05) is 20.8 Å². The molecule has 90 valence electrons. The van der Waals surface area contributed by atoms with Gasteiger partial charge in [-0.3, -0.25) is 4.90 Å². The molecule has 1 heterocycles. The second-order valence-corrected chi connectivity index (χ2v) is 4.24. The van der Waals surface area contributed by atoms with E-state index in [0.717, 1.165) is 32.8 Å². The molecule has 0 radical (unpaired) electrons. The third-order valence-corrected chi connectivity index (χ3v) is 3.31. The molecule has 3 nitrogen and oxygen atoms in total. The van der Waals surface area contributed by atoms with E-state index >= 15 is 0 Å². The van der Waals surface area contributed by atoms with Crippen LogP contribution in [0.25, 0.3) is 0 Å². The summed E-state index contributed by atoms with van der Waals surface area (Å²) in [5.74, 6) is 0. The van der Waals surface area contributed by atoms with Crippen molar-refractivity contribution in [3.05, 3.63) is 0 Å². The lowest BCUT2D eigenvalue weighted by molar-refractivity contribution is -0.0304. The van der Waals surface area contributed by atoms with Crippen LogP contribution in [0.3, 0.4) is 0 Å². The van der Waals surface area contributed by atoms with Crippen molar-refractivity contribution in [2.75, 3.05) is 32.8 Å². The van der Waals surface area contributed by atoms with Crippen LogP contribution < -0.4 is 5.32 Å². The SMILES string of the molecule is CCNCC(CC)N1CCOCC1CC. The summed E-state index contributed by atoms with van der Waals surface area (Å²) < 4.78 is 5.54. The highest BCUT2D eigenvalue weighted by molar-refractivity contribution is 4.81. The van der Waals surface area contributed by atoms with E-state index in [0.29, 0.717) is 12.1 Å². The molecule has 1 rings (SSSR count). The van der Waals surface area contributed by atoms with Gasteiger partial charge in [-0.15, -0.1) is 0 Å². The summed E-state index contributed by atoms with van der Waals surface area (Å²) in [7, 11) is 0. The Balaban J connectivity index is 2.47. The molecule has 0 aliphatic carbocycles. The van der Waals surface area contributed by atoms with Crippen molar-refractivity contribution in [2.24, 2.45) is 0 Å². The summed E-state index contributed by atoms with van der Waals surface area (Å²) in [5, 5.41) is 3.46. The molecule has 0 amide bonds. The van der Waals surface area contributed by atoms with Crippen molar-refractivity contribution in [3.8, 4) is 0 Å². The van der Waals surface area contributed by atoms with E-state index in [1.54, 1.807) is 0 Å². The first kappa shape index (κ1) is 12.9. The van der Waals surface area contributed by atoms with Gasteiger partial charge < -0.3 is 10.1 Å². The fourth-order valence-electron chi connectivity index (χ4n) is 2.31. The molecule has 1 saturated heterocycles. The molecular formula is C12H26N2O. The molecule has 15 heavy (non-hydrogen) atoms. The van der Waals surface area contributed by atoms with Gasteiger partial charge in [0.15, 0.2) is 0 Å². The average molecular weight is 214 g/mol. The summed E-state index contributed by atoms with van der Waals surface area (Å²) in [5.41, 5.74) is 0. The molecule has 0 aromatic heterocycles. The number of nitrogens with one attached hydrogen (secondary N) is 1. The predicted octanol–water partition coefficient (Wildman–Crippen LogP) is 1.49. The number of rotatable bonds is 6. The van der Waals surface area contributed by atoms with Crippen LogP contribution in [0.4, 0.5) is 0 Å². The molecule has 1 N–H and O–H groups in total. The molecule has 1 aliphatic rings. The van der Waals surface area contributed by atoms with Crippen molar-refractivity contribution in [1.29, 1.82) is 0 Å². The summed E-state index contributed by atoms with van der Waals surface area (Å²) in [6, 6.07) is 1.31. The highest BCUT2D eigenvalue weighted by Gasteiger charge is 2.26. The standard InChI is InChI=1S/C12H26N2O/c1-4-11(9-13-6-3)14-7-8-15-10-12(14)5-2/h11-13H,4-10H2,1-3H3. The van der Waals surface area contributed by atoms with Crippen molar-refractivity contribution >= 4 is 0 Å². The first-order valence-corrected chi connectivity index (χ1v) is 6.37. The van der Waals surface area contributed by atoms with E-state index in [2.05, 4.69) is 31.0 Å². The minimum Gasteiger partial charge on any atom is -0.378 e. The van der Waals surface area contributed by atoms with Crippen LogP contribution in [0.15, 0.2) is 0 Å². The van der Waals surface area contributed by atoms with Gasteiger partial charge in [-0.2, -0.15) is 0 Å². The third kappa shape index (κ3) is 3.74. The summed E-state index contributed by atoms with van der Waals surface area (Å²) in [4.78, 5) is 2.63. The van der Waals surface area contributed by atoms with Gasteiger partial charge in [-0.25, -0.2) is 0 Å². The van der Waals surface area contributed by atoms with Crippen LogP contribution in [0, 0.1) is 0 Å². The van der Waals surface area contributed by atoms with Gasteiger partial charge >= 0.3 is 0 Å². The predicted molar refractivity (Wildman–Crippen MR) is 64.2 cm³/mol. The largest absolute Gasteiger partial charge is 0.378 e. The summed E-state index contributed by atoms with van der Waals surface area (Å²) in [6.45, 7) is 11.8. The molecular weight excluding hydrogens is 188 g/mol. The Morgan fingerprint density at radius 1 is 1.40 bits per heavy atom. The number of ether oxygens (including phenoxy) is 1. The van der Waals surface area contributed by atoms with Gasteiger partial charge in [0.2, 0.25) is 0 Å². The maximum absolute atomic E-state index is 5.54. The minimum absolute atomic E-state index is 0.627. The van der Waals surface area contributed by atoms with E-state index in [1.165, 1.54) is 12.8 Å². The van der Waals surface area contributed by atoms with Gasteiger partial charge in [0.25, 0.3) is 0 Å². The van der Waals surface area contributed by atoms with Gasteiger partial charge in [0, 0.05) is 25.2 Å². The molecule has 0 aromatic rings. The van der Waals surface area contributed by atoms with E-state index in [-0.39, 0.29) is 0 Å². The maximum atomic E-state index is 5.54. The lowest BCUT2D eigenvalue weighted by Crippen LogP contribution is -2.53. The number of morpholine rings is 1. The topological polar surface area (TPSA) is 24.5 Å². The van der Waals surface area contributed by atoms with Gasteiger partial charge in [0.05, 0.1) is 13.2 Å². The minimum atomic E-state index is 0.627. The third-order valence-electron chi connectivity index (χ3n) is 3.31. The van der Waals surface area contributed by atoms with E-state index < -0.39 is 0 Å². The Bertz CT molecular complexity index is 164.